The van der Waals surface area contributed by atoms with E-state index >= 15 is 0 Å². The van der Waals surface area contributed by atoms with Gasteiger partial charge >= 0.3 is 0 Å². The number of rotatable bonds is 5. The SMILES string of the molecule is Oc1ccc([C@@H]2c3ccc(OCc4ccccc4)cc3CC[C@@H]2c2ccc(F)cc2)cc1. The molecule has 160 valence electrons. The summed E-state index contributed by atoms with van der Waals surface area (Å²) in [4.78, 5) is 0. The van der Waals surface area contributed by atoms with Crippen LogP contribution >= 0.6 is 0 Å². The third-order valence-electron chi connectivity index (χ3n) is 6.38. The zero-order valence-electron chi connectivity index (χ0n) is 17.7. The third kappa shape index (κ3) is 4.24. The smallest absolute Gasteiger partial charge is 0.123 e. The Balaban J connectivity index is 1.48. The zero-order valence-corrected chi connectivity index (χ0v) is 17.7. The van der Waals surface area contributed by atoms with Crippen LogP contribution in [0.1, 0.15) is 46.1 Å². The summed E-state index contributed by atoms with van der Waals surface area (Å²) in [5.74, 6) is 1.29. The second-order valence-corrected chi connectivity index (χ2v) is 8.40. The number of hydrogen-bond donors (Lipinski definition) is 1. The van der Waals surface area contributed by atoms with E-state index in [1.54, 1.807) is 24.3 Å². The van der Waals surface area contributed by atoms with Crippen LogP contribution in [-0.2, 0) is 13.0 Å². The van der Waals surface area contributed by atoms with Crippen LogP contribution in [0.5, 0.6) is 11.5 Å². The molecule has 5 rings (SSSR count). The Hall–Kier alpha value is -3.59. The number of hydrogen-bond acceptors (Lipinski definition) is 2. The van der Waals surface area contributed by atoms with Gasteiger partial charge in [-0.2, -0.15) is 0 Å². The lowest BCUT2D eigenvalue weighted by Crippen LogP contribution is -2.20. The fraction of sp³-hybridized carbons (Fsp3) is 0.172. The van der Waals surface area contributed by atoms with Gasteiger partial charge in [0.05, 0.1) is 0 Å². The first-order valence-corrected chi connectivity index (χ1v) is 11.0. The van der Waals surface area contributed by atoms with Crippen LogP contribution in [0.25, 0.3) is 0 Å². The average molecular weight is 425 g/mol. The molecule has 0 radical (unpaired) electrons. The van der Waals surface area contributed by atoms with Crippen molar-refractivity contribution in [1.82, 2.24) is 0 Å². The number of phenols is 1. The number of halogens is 1. The largest absolute Gasteiger partial charge is 0.508 e. The fourth-order valence-corrected chi connectivity index (χ4v) is 4.79. The summed E-state index contributed by atoms with van der Waals surface area (Å²) in [6, 6.07) is 30.9. The molecule has 32 heavy (non-hydrogen) atoms. The lowest BCUT2D eigenvalue weighted by molar-refractivity contribution is 0.305. The summed E-state index contributed by atoms with van der Waals surface area (Å²) in [5, 5.41) is 9.79. The molecule has 0 aliphatic heterocycles. The average Bonchev–Trinajstić information content (AvgIpc) is 2.84. The van der Waals surface area contributed by atoms with Crippen LogP contribution in [-0.4, -0.2) is 5.11 Å². The van der Waals surface area contributed by atoms with Crippen molar-refractivity contribution in [3.8, 4) is 11.5 Å². The van der Waals surface area contributed by atoms with Crippen LogP contribution < -0.4 is 4.74 Å². The van der Waals surface area contributed by atoms with Crippen LogP contribution in [0.4, 0.5) is 4.39 Å². The van der Waals surface area contributed by atoms with Gasteiger partial charge in [0.15, 0.2) is 0 Å². The Morgan fingerprint density at radius 2 is 1.53 bits per heavy atom. The molecule has 2 nitrogen and oxygen atoms in total. The van der Waals surface area contributed by atoms with Crippen molar-refractivity contribution < 1.29 is 14.2 Å². The molecule has 0 saturated carbocycles. The van der Waals surface area contributed by atoms with Gasteiger partial charge in [0.25, 0.3) is 0 Å². The highest BCUT2D eigenvalue weighted by atomic mass is 19.1. The molecular formula is C29H25FO2. The second kappa shape index (κ2) is 8.88. The molecule has 0 unspecified atom stereocenters. The Morgan fingerprint density at radius 1 is 0.812 bits per heavy atom. The number of ether oxygens (including phenoxy) is 1. The van der Waals surface area contributed by atoms with Gasteiger partial charge in [-0.05, 0) is 83.0 Å². The summed E-state index contributed by atoms with van der Waals surface area (Å²) in [6.45, 7) is 0.541. The number of fused-ring (bicyclic) bond motifs is 1. The Labute approximate surface area is 187 Å². The molecule has 1 N–H and O–H groups in total. The highest BCUT2D eigenvalue weighted by Crippen LogP contribution is 2.47. The highest BCUT2D eigenvalue weighted by molar-refractivity contribution is 5.48. The topological polar surface area (TPSA) is 29.5 Å². The molecule has 4 aromatic carbocycles. The van der Waals surface area contributed by atoms with E-state index in [1.807, 2.05) is 48.5 Å². The van der Waals surface area contributed by atoms with E-state index in [0.717, 1.165) is 35.3 Å². The van der Waals surface area contributed by atoms with Crippen molar-refractivity contribution in [3.63, 3.8) is 0 Å². The summed E-state index contributed by atoms with van der Waals surface area (Å²) in [5.41, 5.74) is 5.98. The van der Waals surface area contributed by atoms with Gasteiger partial charge < -0.3 is 9.84 Å². The Kier molecular flexibility index (Phi) is 5.64. The van der Waals surface area contributed by atoms with Crippen molar-refractivity contribution in [2.24, 2.45) is 0 Å². The van der Waals surface area contributed by atoms with E-state index in [0.29, 0.717) is 6.61 Å². The summed E-state index contributed by atoms with van der Waals surface area (Å²) in [7, 11) is 0. The molecule has 0 saturated heterocycles. The number of benzene rings is 4. The molecule has 0 spiro atoms. The quantitative estimate of drug-likeness (QED) is 0.375. The lowest BCUT2D eigenvalue weighted by atomic mass is 9.69. The van der Waals surface area contributed by atoms with E-state index in [1.165, 1.54) is 11.1 Å². The van der Waals surface area contributed by atoms with Crippen LogP contribution in [0.15, 0.2) is 97.1 Å². The molecule has 1 aliphatic rings. The maximum Gasteiger partial charge on any atom is 0.123 e. The number of aryl methyl sites for hydroxylation is 1. The van der Waals surface area contributed by atoms with Gasteiger partial charge in [-0.3, -0.25) is 0 Å². The summed E-state index contributed by atoms with van der Waals surface area (Å²) >= 11 is 0. The Bertz CT molecular complexity index is 1180. The molecular weight excluding hydrogens is 399 g/mol. The minimum Gasteiger partial charge on any atom is -0.508 e. The first kappa shape index (κ1) is 20.3. The van der Waals surface area contributed by atoms with Gasteiger partial charge in [0.1, 0.15) is 23.9 Å². The van der Waals surface area contributed by atoms with Crippen LogP contribution in [0.3, 0.4) is 0 Å². The third-order valence-corrected chi connectivity index (χ3v) is 6.38. The molecule has 0 heterocycles. The maximum atomic E-state index is 13.6. The van der Waals surface area contributed by atoms with Crippen molar-refractivity contribution in [1.29, 1.82) is 0 Å². The zero-order chi connectivity index (χ0) is 21.9. The molecule has 3 heteroatoms. The van der Waals surface area contributed by atoms with Crippen molar-refractivity contribution >= 4 is 0 Å². The van der Waals surface area contributed by atoms with Crippen molar-refractivity contribution in [3.05, 3.63) is 131 Å². The first-order valence-electron chi connectivity index (χ1n) is 11.0. The van der Waals surface area contributed by atoms with E-state index in [2.05, 4.69) is 24.3 Å². The standard InChI is InChI=1S/C29H25FO2/c30-24-11-6-21(7-12-24)27-16-10-23-18-26(32-19-20-4-2-1-3-5-20)15-17-28(23)29(27)22-8-13-25(31)14-9-22/h1-9,11-15,17-18,27,29,31H,10,16,19H2/t27-,29+/m1/s1. The van der Waals surface area contributed by atoms with Crippen LogP contribution in [0.2, 0.25) is 0 Å². The number of phenolic OH excluding ortho intramolecular Hbond substituents is 1. The minimum absolute atomic E-state index is 0.132. The number of aromatic hydroxyl groups is 1. The van der Waals surface area contributed by atoms with E-state index in [-0.39, 0.29) is 23.4 Å². The summed E-state index contributed by atoms with van der Waals surface area (Å²) < 4.78 is 19.6. The molecule has 4 aromatic rings. The lowest BCUT2D eigenvalue weighted by Gasteiger charge is -2.35. The normalized spacial score (nSPS) is 17.5. The second-order valence-electron chi connectivity index (χ2n) is 8.40. The Morgan fingerprint density at radius 3 is 2.28 bits per heavy atom. The van der Waals surface area contributed by atoms with Crippen LogP contribution in [0, 0.1) is 5.82 Å². The van der Waals surface area contributed by atoms with Gasteiger partial charge in [-0.15, -0.1) is 0 Å². The maximum absolute atomic E-state index is 13.6. The predicted molar refractivity (Wildman–Crippen MR) is 125 cm³/mol. The van der Waals surface area contributed by atoms with E-state index in [4.69, 9.17) is 4.74 Å². The van der Waals surface area contributed by atoms with Gasteiger partial charge in [0.2, 0.25) is 0 Å². The molecule has 0 aromatic heterocycles. The van der Waals surface area contributed by atoms with Crippen molar-refractivity contribution in [2.45, 2.75) is 31.3 Å². The molecule has 2 atom stereocenters. The molecule has 1 aliphatic carbocycles. The van der Waals surface area contributed by atoms with E-state index in [9.17, 15) is 9.50 Å². The summed E-state index contributed by atoms with van der Waals surface area (Å²) in [6.07, 6.45) is 1.90. The fourth-order valence-electron chi connectivity index (χ4n) is 4.79. The van der Waals surface area contributed by atoms with Gasteiger partial charge in [-0.25, -0.2) is 4.39 Å². The predicted octanol–water partition coefficient (Wildman–Crippen LogP) is 6.97. The molecule has 0 bridgehead atoms. The molecule has 0 fully saturated rings. The molecule has 0 amide bonds. The highest BCUT2D eigenvalue weighted by Gasteiger charge is 2.32. The van der Waals surface area contributed by atoms with Gasteiger partial charge in [-0.1, -0.05) is 60.7 Å². The minimum atomic E-state index is -0.216. The van der Waals surface area contributed by atoms with E-state index < -0.39 is 0 Å². The van der Waals surface area contributed by atoms with Crippen molar-refractivity contribution in [2.75, 3.05) is 0 Å². The van der Waals surface area contributed by atoms with Gasteiger partial charge in [0, 0.05) is 5.92 Å². The first-order chi connectivity index (χ1) is 15.7. The monoisotopic (exact) mass is 424 g/mol.